The van der Waals surface area contributed by atoms with E-state index in [4.69, 9.17) is 5.26 Å². The Labute approximate surface area is 112 Å². The molecule has 3 aromatic rings. The van der Waals surface area contributed by atoms with Crippen LogP contribution < -0.4 is 0 Å². The molecule has 5 nitrogen and oxygen atoms in total. The molecule has 0 N–H and O–H groups in total. The minimum atomic E-state index is -0.658. The summed E-state index contributed by atoms with van der Waals surface area (Å²) in [5.41, 5.74) is 1.46. The van der Waals surface area contributed by atoms with Crippen LogP contribution in [-0.4, -0.2) is 19.6 Å². The molecule has 2 aromatic heterocycles. The van der Waals surface area contributed by atoms with Crippen LogP contribution >= 0.6 is 0 Å². The largest absolute Gasteiger partial charge is 0.236 e. The fraction of sp³-hybridized carbons (Fsp3) is 0.0769. The summed E-state index contributed by atoms with van der Waals surface area (Å²) in [6.07, 6.45) is 2.93. The fourth-order valence-corrected chi connectivity index (χ4v) is 1.97. The molecule has 0 bridgehead atoms. The lowest BCUT2D eigenvalue weighted by Crippen LogP contribution is -2.02. The summed E-state index contributed by atoms with van der Waals surface area (Å²) < 4.78 is 27.8. The molecule has 3 rings (SSSR count). The number of hydrogen-bond acceptors (Lipinski definition) is 4. The third-order valence-corrected chi connectivity index (χ3v) is 2.74. The molecule has 0 saturated heterocycles. The first-order valence-electron chi connectivity index (χ1n) is 5.70. The van der Waals surface area contributed by atoms with Gasteiger partial charge in [-0.15, -0.1) is 0 Å². The molecular weight excluding hydrogens is 264 g/mol. The van der Waals surface area contributed by atoms with Crippen molar-refractivity contribution < 1.29 is 8.78 Å². The molecule has 0 saturated carbocycles. The quantitative estimate of drug-likeness (QED) is 0.713. The topological polar surface area (TPSA) is 66.9 Å². The van der Waals surface area contributed by atoms with Gasteiger partial charge in [0.25, 0.3) is 0 Å². The summed E-state index contributed by atoms with van der Waals surface area (Å²) in [5.74, 6) is -1.32. The van der Waals surface area contributed by atoms with Crippen molar-refractivity contribution in [3.63, 3.8) is 0 Å². The van der Waals surface area contributed by atoms with Crippen molar-refractivity contribution in [3.8, 4) is 6.07 Å². The average Bonchev–Trinajstić information content (AvgIpc) is 2.85. The molecule has 98 valence electrons. The van der Waals surface area contributed by atoms with E-state index in [-0.39, 0.29) is 12.1 Å². The molecule has 0 unspecified atom stereocenters. The summed E-state index contributed by atoms with van der Waals surface area (Å²) in [4.78, 5) is 8.14. The first-order chi connectivity index (χ1) is 9.65. The Balaban J connectivity index is 2.10. The zero-order chi connectivity index (χ0) is 14.1. The second-order valence-electron chi connectivity index (χ2n) is 4.17. The minimum Gasteiger partial charge on any atom is -0.236 e. The average molecular weight is 271 g/mol. The van der Waals surface area contributed by atoms with Crippen LogP contribution in [-0.2, 0) is 6.42 Å². The standard InChI is InChI=1S/C13H7F2N5/c14-9-1-8(2-10(15)4-9)3-12-13-17-7-18-20(13)6-11(5-16)19-12/h1-2,4,6-7H,3H2. The Morgan fingerprint density at radius 2 is 1.95 bits per heavy atom. The number of hydrogen-bond donors (Lipinski definition) is 0. The molecule has 0 aliphatic heterocycles. The Hall–Kier alpha value is -2.88. The van der Waals surface area contributed by atoms with Crippen LogP contribution in [0.3, 0.4) is 0 Å². The number of aromatic nitrogens is 4. The molecule has 0 spiro atoms. The number of nitrogens with zero attached hydrogens (tertiary/aromatic N) is 5. The van der Waals surface area contributed by atoms with E-state index in [2.05, 4.69) is 15.1 Å². The molecule has 0 amide bonds. The second kappa shape index (κ2) is 4.66. The number of rotatable bonds is 2. The van der Waals surface area contributed by atoms with Gasteiger partial charge in [-0.05, 0) is 17.7 Å². The maximum atomic E-state index is 13.2. The lowest BCUT2D eigenvalue weighted by Gasteiger charge is -2.04. The molecule has 0 aliphatic rings. The van der Waals surface area contributed by atoms with Gasteiger partial charge >= 0.3 is 0 Å². The van der Waals surface area contributed by atoms with Crippen LogP contribution in [0.1, 0.15) is 17.0 Å². The highest BCUT2D eigenvalue weighted by atomic mass is 19.1. The Bertz CT molecular complexity index is 814. The maximum Gasteiger partial charge on any atom is 0.177 e. The summed E-state index contributed by atoms with van der Waals surface area (Å²) in [6, 6.07) is 5.15. The zero-order valence-electron chi connectivity index (χ0n) is 10.1. The van der Waals surface area contributed by atoms with E-state index in [1.54, 1.807) is 0 Å². The van der Waals surface area contributed by atoms with Crippen LogP contribution in [0.25, 0.3) is 5.65 Å². The van der Waals surface area contributed by atoms with Gasteiger partial charge in [0.1, 0.15) is 24.0 Å². The lowest BCUT2D eigenvalue weighted by atomic mass is 10.1. The highest BCUT2D eigenvalue weighted by Crippen LogP contribution is 2.15. The first-order valence-corrected chi connectivity index (χ1v) is 5.70. The molecule has 2 heterocycles. The molecule has 0 fully saturated rings. The molecule has 0 aliphatic carbocycles. The van der Waals surface area contributed by atoms with E-state index in [1.165, 1.54) is 29.2 Å². The van der Waals surface area contributed by atoms with Crippen molar-refractivity contribution in [1.82, 2.24) is 19.6 Å². The van der Waals surface area contributed by atoms with Gasteiger partial charge in [-0.3, -0.25) is 0 Å². The lowest BCUT2D eigenvalue weighted by molar-refractivity contribution is 0.580. The third-order valence-electron chi connectivity index (χ3n) is 2.74. The molecule has 0 atom stereocenters. The third kappa shape index (κ3) is 2.19. The van der Waals surface area contributed by atoms with Gasteiger partial charge in [0, 0.05) is 12.5 Å². The van der Waals surface area contributed by atoms with Crippen LogP contribution in [0.15, 0.2) is 30.7 Å². The van der Waals surface area contributed by atoms with Crippen LogP contribution in [0.4, 0.5) is 8.78 Å². The van der Waals surface area contributed by atoms with Crippen molar-refractivity contribution in [1.29, 1.82) is 5.26 Å². The molecule has 7 heteroatoms. The normalized spacial score (nSPS) is 10.7. The Morgan fingerprint density at radius 3 is 2.65 bits per heavy atom. The van der Waals surface area contributed by atoms with E-state index >= 15 is 0 Å². The van der Waals surface area contributed by atoms with Crippen molar-refractivity contribution in [2.24, 2.45) is 0 Å². The van der Waals surface area contributed by atoms with Crippen LogP contribution in [0.2, 0.25) is 0 Å². The highest BCUT2D eigenvalue weighted by Gasteiger charge is 2.10. The smallest absolute Gasteiger partial charge is 0.177 e. The Kier molecular flexibility index (Phi) is 2.84. The summed E-state index contributed by atoms with van der Waals surface area (Å²) in [6.45, 7) is 0. The van der Waals surface area contributed by atoms with E-state index in [9.17, 15) is 8.78 Å². The molecule has 0 radical (unpaired) electrons. The van der Waals surface area contributed by atoms with Gasteiger partial charge in [0.15, 0.2) is 11.3 Å². The van der Waals surface area contributed by atoms with Gasteiger partial charge in [-0.1, -0.05) is 0 Å². The minimum absolute atomic E-state index is 0.159. The van der Waals surface area contributed by atoms with Gasteiger partial charge in [-0.2, -0.15) is 10.4 Å². The predicted molar refractivity (Wildman–Crippen MR) is 64.7 cm³/mol. The van der Waals surface area contributed by atoms with Gasteiger partial charge in [-0.25, -0.2) is 23.3 Å². The van der Waals surface area contributed by atoms with Crippen molar-refractivity contribution >= 4 is 5.65 Å². The summed E-state index contributed by atoms with van der Waals surface area (Å²) in [7, 11) is 0. The maximum absolute atomic E-state index is 13.2. The van der Waals surface area contributed by atoms with Crippen molar-refractivity contribution in [2.75, 3.05) is 0 Å². The van der Waals surface area contributed by atoms with Gasteiger partial charge in [0.05, 0.1) is 11.9 Å². The molecule has 1 aromatic carbocycles. The van der Waals surface area contributed by atoms with Crippen molar-refractivity contribution in [3.05, 3.63) is 59.3 Å². The fourth-order valence-electron chi connectivity index (χ4n) is 1.97. The SMILES string of the molecule is N#Cc1cn2ncnc2c(Cc2cc(F)cc(F)c2)n1. The van der Waals surface area contributed by atoms with E-state index < -0.39 is 11.6 Å². The molecular formula is C13H7F2N5. The number of nitriles is 1. The molecule has 20 heavy (non-hydrogen) atoms. The van der Waals surface area contributed by atoms with Crippen LogP contribution in [0.5, 0.6) is 0 Å². The van der Waals surface area contributed by atoms with E-state index in [0.717, 1.165) is 6.07 Å². The van der Waals surface area contributed by atoms with Crippen LogP contribution in [0, 0.1) is 23.0 Å². The number of fused-ring (bicyclic) bond motifs is 1. The van der Waals surface area contributed by atoms with E-state index in [1.807, 2.05) is 6.07 Å². The number of halogens is 2. The second-order valence-corrected chi connectivity index (χ2v) is 4.17. The summed E-state index contributed by atoms with van der Waals surface area (Å²) in [5, 5.41) is 12.9. The van der Waals surface area contributed by atoms with Gasteiger partial charge in [0.2, 0.25) is 0 Å². The number of benzene rings is 1. The predicted octanol–water partition coefficient (Wildman–Crippen LogP) is 1.86. The monoisotopic (exact) mass is 271 g/mol. The summed E-state index contributed by atoms with van der Waals surface area (Å²) >= 11 is 0. The van der Waals surface area contributed by atoms with Gasteiger partial charge < -0.3 is 0 Å². The zero-order valence-corrected chi connectivity index (χ0v) is 10.1. The highest BCUT2D eigenvalue weighted by molar-refractivity contribution is 5.46. The first kappa shape index (κ1) is 12.2. The van der Waals surface area contributed by atoms with E-state index in [0.29, 0.717) is 16.9 Å². The van der Waals surface area contributed by atoms with Crippen molar-refractivity contribution in [2.45, 2.75) is 6.42 Å². The Morgan fingerprint density at radius 1 is 1.20 bits per heavy atom.